The molecular weight excluding hydrogens is 373 g/mol. The van der Waals surface area contributed by atoms with Crippen molar-refractivity contribution in [1.29, 1.82) is 0 Å². The Morgan fingerprint density at radius 1 is 1.17 bits per heavy atom. The molecule has 0 aromatic heterocycles. The monoisotopic (exact) mass is 402 g/mol. The Labute approximate surface area is 171 Å². The number of hydrogen-bond acceptors (Lipinski definition) is 3. The van der Waals surface area contributed by atoms with E-state index >= 15 is 0 Å². The van der Waals surface area contributed by atoms with Gasteiger partial charge in [0.05, 0.1) is 27.3 Å². The van der Waals surface area contributed by atoms with E-state index in [4.69, 9.17) is 9.47 Å². The fourth-order valence-corrected chi connectivity index (χ4v) is 3.96. The van der Waals surface area contributed by atoms with Crippen molar-refractivity contribution >= 4 is 6.03 Å². The molecule has 0 aliphatic carbocycles. The molecule has 0 saturated heterocycles. The summed E-state index contributed by atoms with van der Waals surface area (Å²) in [5, 5.41) is 5.74. The fourth-order valence-electron chi connectivity index (χ4n) is 3.96. The van der Waals surface area contributed by atoms with E-state index in [1.54, 1.807) is 26.4 Å². The van der Waals surface area contributed by atoms with Gasteiger partial charge in [-0.1, -0.05) is 12.1 Å². The van der Waals surface area contributed by atoms with Crippen LogP contribution in [0, 0.1) is 5.82 Å². The van der Waals surface area contributed by atoms with E-state index in [9.17, 15) is 9.18 Å². The Kier molecular flexibility index (Phi) is 6.93. The van der Waals surface area contributed by atoms with Crippen LogP contribution in [0.4, 0.5) is 9.18 Å². The molecule has 0 spiro atoms. The Balaban J connectivity index is 1.91. The molecule has 1 heterocycles. The van der Waals surface area contributed by atoms with Gasteiger partial charge in [0.15, 0.2) is 11.5 Å². The average molecular weight is 402 g/mol. The Bertz CT molecular complexity index is 859. The van der Waals surface area contributed by atoms with Crippen LogP contribution in [0.3, 0.4) is 0 Å². The predicted molar refractivity (Wildman–Crippen MR) is 109 cm³/mol. The number of urea groups is 1. The van der Waals surface area contributed by atoms with Crippen LogP contribution >= 0.6 is 0 Å². The van der Waals surface area contributed by atoms with Crippen molar-refractivity contribution in [1.82, 2.24) is 10.6 Å². The SMILES string of the molecule is CCNC(=O)NC[C@@H]1c2cc(OC)c(OC)cc2CC[NH+]1Cc1cccc(F)c1. The Morgan fingerprint density at radius 3 is 2.62 bits per heavy atom. The van der Waals surface area contributed by atoms with Gasteiger partial charge in [-0.2, -0.15) is 0 Å². The number of halogens is 1. The van der Waals surface area contributed by atoms with E-state index in [1.165, 1.54) is 16.5 Å². The van der Waals surface area contributed by atoms with Crippen LogP contribution in [0.15, 0.2) is 36.4 Å². The summed E-state index contributed by atoms with van der Waals surface area (Å²) in [6.45, 7) is 4.47. The summed E-state index contributed by atoms with van der Waals surface area (Å²) in [7, 11) is 3.25. The van der Waals surface area contributed by atoms with Crippen LogP contribution in [0.1, 0.15) is 29.7 Å². The van der Waals surface area contributed by atoms with Gasteiger partial charge in [0.25, 0.3) is 0 Å². The average Bonchev–Trinajstić information content (AvgIpc) is 2.72. The topological polar surface area (TPSA) is 64.0 Å². The van der Waals surface area contributed by atoms with Crippen LogP contribution in [-0.4, -0.2) is 39.9 Å². The molecule has 7 heteroatoms. The van der Waals surface area contributed by atoms with Crippen molar-refractivity contribution in [3.8, 4) is 11.5 Å². The molecule has 0 fully saturated rings. The lowest BCUT2D eigenvalue weighted by atomic mass is 9.91. The largest absolute Gasteiger partial charge is 0.493 e. The summed E-state index contributed by atoms with van der Waals surface area (Å²) in [6, 6.07) is 10.6. The maximum atomic E-state index is 13.7. The molecule has 2 atom stereocenters. The number of amides is 2. The van der Waals surface area contributed by atoms with Crippen LogP contribution in [0.25, 0.3) is 0 Å². The fraction of sp³-hybridized carbons (Fsp3) is 0.409. The third kappa shape index (κ3) is 4.98. The third-order valence-corrected chi connectivity index (χ3v) is 5.35. The summed E-state index contributed by atoms with van der Waals surface area (Å²) in [4.78, 5) is 13.3. The van der Waals surface area contributed by atoms with Crippen LogP contribution in [-0.2, 0) is 13.0 Å². The molecule has 29 heavy (non-hydrogen) atoms. The second kappa shape index (κ2) is 9.60. The highest BCUT2D eigenvalue weighted by Crippen LogP contribution is 2.34. The number of quaternary nitrogens is 1. The molecule has 3 N–H and O–H groups in total. The molecule has 1 aliphatic heterocycles. The number of fused-ring (bicyclic) bond motifs is 1. The van der Waals surface area contributed by atoms with Crippen molar-refractivity contribution in [2.75, 3.05) is 33.9 Å². The third-order valence-electron chi connectivity index (χ3n) is 5.35. The van der Waals surface area contributed by atoms with Crippen LogP contribution in [0.2, 0.25) is 0 Å². The molecule has 2 aromatic rings. The second-order valence-corrected chi connectivity index (χ2v) is 7.16. The van der Waals surface area contributed by atoms with Gasteiger partial charge in [0.1, 0.15) is 18.4 Å². The first kappa shape index (κ1) is 20.9. The number of hydrogen-bond donors (Lipinski definition) is 3. The quantitative estimate of drug-likeness (QED) is 0.662. The van der Waals surface area contributed by atoms with Gasteiger partial charge in [-0.25, -0.2) is 9.18 Å². The number of benzene rings is 2. The first-order valence-electron chi connectivity index (χ1n) is 9.91. The number of methoxy groups -OCH3 is 2. The number of ether oxygens (including phenoxy) is 2. The van der Waals surface area contributed by atoms with Gasteiger partial charge in [-0.3, -0.25) is 0 Å². The first-order chi connectivity index (χ1) is 14.0. The van der Waals surface area contributed by atoms with E-state index in [2.05, 4.69) is 10.6 Å². The predicted octanol–water partition coefficient (Wildman–Crippen LogP) is 1.84. The van der Waals surface area contributed by atoms with Crippen LogP contribution < -0.4 is 25.0 Å². The van der Waals surface area contributed by atoms with E-state index in [0.29, 0.717) is 31.1 Å². The van der Waals surface area contributed by atoms with Crippen molar-refractivity contribution in [3.63, 3.8) is 0 Å². The number of carbonyl (C=O) groups excluding carboxylic acids is 1. The van der Waals surface area contributed by atoms with Crippen molar-refractivity contribution < 1.29 is 23.6 Å². The van der Waals surface area contributed by atoms with E-state index in [0.717, 1.165) is 24.1 Å². The zero-order valence-corrected chi connectivity index (χ0v) is 17.2. The number of carbonyl (C=O) groups is 1. The molecule has 3 rings (SSSR count). The summed E-state index contributed by atoms with van der Waals surface area (Å²) >= 11 is 0. The molecule has 0 radical (unpaired) electrons. The lowest BCUT2D eigenvalue weighted by Crippen LogP contribution is -3.12. The van der Waals surface area contributed by atoms with E-state index in [1.807, 2.05) is 25.1 Å². The summed E-state index contributed by atoms with van der Waals surface area (Å²) in [6.07, 6.45) is 0.873. The lowest BCUT2D eigenvalue weighted by molar-refractivity contribution is -0.945. The molecule has 156 valence electrons. The molecule has 6 nitrogen and oxygen atoms in total. The molecular formula is C22H29FN3O3+. The van der Waals surface area contributed by atoms with Crippen molar-refractivity contribution in [3.05, 3.63) is 58.9 Å². The normalized spacial score (nSPS) is 17.9. The van der Waals surface area contributed by atoms with E-state index in [-0.39, 0.29) is 17.9 Å². The van der Waals surface area contributed by atoms with Gasteiger partial charge in [-0.15, -0.1) is 0 Å². The van der Waals surface area contributed by atoms with Gasteiger partial charge in [-0.05, 0) is 36.8 Å². The summed E-state index contributed by atoms with van der Waals surface area (Å²) in [5.41, 5.74) is 3.25. The van der Waals surface area contributed by atoms with Gasteiger partial charge < -0.3 is 25.0 Å². The highest BCUT2D eigenvalue weighted by molar-refractivity contribution is 5.73. The first-order valence-corrected chi connectivity index (χ1v) is 9.91. The van der Waals surface area contributed by atoms with Crippen LogP contribution in [0.5, 0.6) is 11.5 Å². The maximum Gasteiger partial charge on any atom is 0.315 e. The van der Waals surface area contributed by atoms with Crippen molar-refractivity contribution in [2.45, 2.75) is 25.9 Å². The lowest BCUT2D eigenvalue weighted by Gasteiger charge is -2.35. The number of nitrogens with one attached hydrogen (secondary N) is 3. The zero-order valence-electron chi connectivity index (χ0n) is 17.2. The van der Waals surface area contributed by atoms with Crippen molar-refractivity contribution in [2.24, 2.45) is 0 Å². The van der Waals surface area contributed by atoms with Gasteiger partial charge in [0, 0.05) is 24.1 Å². The number of rotatable bonds is 7. The maximum absolute atomic E-state index is 13.7. The van der Waals surface area contributed by atoms with Gasteiger partial charge in [0.2, 0.25) is 0 Å². The van der Waals surface area contributed by atoms with Gasteiger partial charge >= 0.3 is 6.03 Å². The second-order valence-electron chi connectivity index (χ2n) is 7.16. The highest BCUT2D eigenvalue weighted by atomic mass is 19.1. The minimum Gasteiger partial charge on any atom is -0.493 e. The minimum atomic E-state index is -0.234. The van der Waals surface area contributed by atoms with E-state index < -0.39 is 0 Å². The smallest absolute Gasteiger partial charge is 0.315 e. The summed E-state index contributed by atoms with van der Waals surface area (Å²) in [5.74, 6) is 1.14. The zero-order chi connectivity index (χ0) is 20.8. The molecule has 0 bridgehead atoms. The molecule has 2 aromatic carbocycles. The molecule has 2 amide bonds. The standard InChI is InChI=1S/C22H28FN3O3/c1-4-24-22(27)25-13-19-18-12-21(29-3)20(28-2)11-16(18)8-9-26(19)14-15-6-5-7-17(23)10-15/h5-7,10-12,19H,4,8-9,13-14H2,1-3H3,(H2,24,25,27)/p+1/t19-/m1/s1. The molecule has 1 aliphatic rings. The minimum absolute atomic E-state index is 0.0180. The summed E-state index contributed by atoms with van der Waals surface area (Å²) < 4.78 is 24.6. The Morgan fingerprint density at radius 2 is 1.93 bits per heavy atom. The molecule has 1 unspecified atom stereocenters. The highest BCUT2D eigenvalue weighted by Gasteiger charge is 2.33. The molecule has 0 saturated carbocycles. The Hall–Kier alpha value is -2.80.